The average Bonchev–Trinajstić information content (AvgIpc) is 2.40. The van der Waals surface area contributed by atoms with Crippen LogP contribution >= 0.6 is 0 Å². The number of nitro benzene ring substituents is 1. The van der Waals surface area contributed by atoms with E-state index < -0.39 is 11.0 Å². The Hall–Kier alpha value is -2.27. The molecule has 0 spiro atoms. The summed E-state index contributed by atoms with van der Waals surface area (Å²) in [5.41, 5.74) is 1.44. The molecule has 0 fully saturated rings. The molecule has 18 heavy (non-hydrogen) atoms. The first kappa shape index (κ1) is 12.2. The summed E-state index contributed by atoms with van der Waals surface area (Å²) in [6.45, 7) is 0. The number of rotatable bonds is 4. The van der Waals surface area contributed by atoms with Gasteiger partial charge in [-0.3, -0.25) is 15.1 Å². The Morgan fingerprint density at radius 2 is 1.94 bits per heavy atom. The molecule has 0 unspecified atom stereocenters. The van der Waals surface area contributed by atoms with Gasteiger partial charge in [0, 0.05) is 30.4 Å². The van der Waals surface area contributed by atoms with Gasteiger partial charge in [0.25, 0.3) is 5.69 Å². The van der Waals surface area contributed by atoms with E-state index in [0.717, 1.165) is 5.69 Å². The number of pyridine rings is 1. The van der Waals surface area contributed by atoms with Crippen molar-refractivity contribution in [2.45, 2.75) is 12.5 Å². The van der Waals surface area contributed by atoms with Crippen molar-refractivity contribution in [2.75, 3.05) is 0 Å². The second kappa shape index (κ2) is 5.37. The highest BCUT2D eigenvalue weighted by Gasteiger charge is 2.11. The van der Waals surface area contributed by atoms with Gasteiger partial charge in [-0.2, -0.15) is 0 Å². The largest absolute Gasteiger partial charge is 0.388 e. The smallest absolute Gasteiger partial charge is 0.269 e. The summed E-state index contributed by atoms with van der Waals surface area (Å²) in [7, 11) is 0. The fourth-order valence-corrected chi connectivity index (χ4v) is 1.65. The topological polar surface area (TPSA) is 76.3 Å². The van der Waals surface area contributed by atoms with Gasteiger partial charge in [-0.05, 0) is 29.8 Å². The number of nitrogens with zero attached hydrogens (tertiary/aromatic N) is 2. The predicted octanol–water partition coefficient (Wildman–Crippen LogP) is 2.27. The van der Waals surface area contributed by atoms with Crippen molar-refractivity contribution >= 4 is 5.69 Å². The van der Waals surface area contributed by atoms with Gasteiger partial charge in [0.15, 0.2) is 0 Å². The molecule has 0 bridgehead atoms. The van der Waals surface area contributed by atoms with Gasteiger partial charge in [-0.25, -0.2) is 0 Å². The lowest BCUT2D eigenvalue weighted by Crippen LogP contribution is -2.03. The van der Waals surface area contributed by atoms with E-state index in [-0.39, 0.29) is 5.69 Å². The number of aliphatic hydroxyl groups is 1. The van der Waals surface area contributed by atoms with Crippen LogP contribution in [0.2, 0.25) is 0 Å². The monoisotopic (exact) mass is 244 g/mol. The molecule has 1 heterocycles. The maximum atomic E-state index is 10.5. The van der Waals surface area contributed by atoms with Gasteiger partial charge in [-0.15, -0.1) is 0 Å². The van der Waals surface area contributed by atoms with Crippen LogP contribution < -0.4 is 0 Å². The number of aromatic nitrogens is 1. The minimum Gasteiger partial charge on any atom is -0.388 e. The van der Waals surface area contributed by atoms with Gasteiger partial charge in [0.2, 0.25) is 0 Å². The number of aliphatic hydroxyl groups excluding tert-OH is 1. The van der Waals surface area contributed by atoms with Gasteiger partial charge in [0.05, 0.1) is 11.0 Å². The molecule has 1 aromatic carbocycles. The van der Waals surface area contributed by atoms with E-state index >= 15 is 0 Å². The van der Waals surface area contributed by atoms with Crippen LogP contribution in [0, 0.1) is 10.1 Å². The molecule has 0 saturated carbocycles. The zero-order valence-electron chi connectivity index (χ0n) is 9.56. The molecule has 2 rings (SSSR count). The molecule has 5 heteroatoms. The molecule has 0 saturated heterocycles. The molecular formula is C13H12N2O3. The third kappa shape index (κ3) is 2.89. The normalized spacial score (nSPS) is 12.1. The third-order valence-electron chi connectivity index (χ3n) is 2.62. The molecule has 1 N–H and O–H groups in total. The quantitative estimate of drug-likeness (QED) is 0.661. The summed E-state index contributed by atoms with van der Waals surface area (Å²) in [4.78, 5) is 14.2. The Kier molecular flexibility index (Phi) is 3.64. The second-order valence-electron chi connectivity index (χ2n) is 3.89. The van der Waals surface area contributed by atoms with E-state index in [1.807, 2.05) is 18.2 Å². The maximum absolute atomic E-state index is 10.5. The zero-order valence-corrected chi connectivity index (χ0v) is 9.56. The standard InChI is InChI=1S/C13H12N2O3/c16-13(9-11-3-1-2-8-14-11)10-4-6-12(7-5-10)15(17)18/h1-8,13,16H,9H2/t13-/m1/s1. The average molecular weight is 244 g/mol. The van der Waals surface area contributed by atoms with Gasteiger partial charge in [-0.1, -0.05) is 6.07 Å². The van der Waals surface area contributed by atoms with Crippen LogP contribution in [0.5, 0.6) is 0 Å². The summed E-state index contributed by atoms with van der Waals surface area (Å²) in [6.07, 6.45) is 1.34. The van der Waals surface area contributed by atoms with Gasteiger partial charge >= 0.3 is 0 Å². The molecule has 5 nitrogen and oxygen atoms in total. The van der Waals surface area contributed by atoms with E-state index in [9.17, 15) is 15.2 Å². The first-order chi connectivity index (χ1) is 8.66. The summed E-state index contributed by atoms with van der Waals surface area (Å²) in [6, 6.07) is 11.4. The van der Waals surface area contributed by atoms with Crippen LogP contribution in [0.15, 0.2) is 48.7 Å². The van der Waals surface area contributed by atoms with Crippen molar-refractivity contribution in [2.24, 2.45) is 0 Å². The molecule has 0 radical (unpaired) electrons. The van der Waals surface area contributed by atoms with Crippen molar-refractivity contribution in [1.82, 2.24) is 4.98 Å². The Balaban J connectivity index is 2.09. The Morgan fingerprint density at radius 3 is 2.50 bits per heavy atom. The minimum absolute atomic E-state index is 0.0174. The molecule has 1 aromatic heterocycles. The first-order valence-electron chi connectivity index (χ1n) is 5.49. The molecule has 0 aliphatic carbocycles. The highest BCUT2D eigenvalue weighted by Crippen LogP contribution is 2.20. The molecule has 92 valence electrons. The lowest BCUT2D eigenvalue weighted by Gasteiger charge is -2.09. The summed E-state index contributed by atoms with van der Waals surface area (Å²) in [5.74, 6) is 0. The van der Waals surface area contributed by atoms with Crippen LogP contribution in [-0.4, -0.2) is 15.0 Å². The van der Waals surface area contributed by atoms with Crippen molar-refractivity contribution < 1.29 is 10.0 Å². The lowest BCUT2D eigenvalue weighted by atomic mass is 10.0. The molecule has 0 amide bonds. The predicted molar refractivity (Wildman–Crippen MR) is 66.0 cm³/mol. The Morgan fingerprint density at radius 1 is 1.22 bits per heavy atom. The molecule has 0 aliphatic heterocycles. The van der Waals surface area contributed by atoms with Crippen LogP contribution in [0.1, 0.15) is 17.4 Å². The zero-order chi connectivity index (χ0) is 13.0. The number of benzene rings is 1. The fraction of sp³-hybridized carbons (Fsp3) is 0.154. The summed E-state index contributed by atoms with van der Waals surface area (Å²) >= 11 is 0. The molecule has 1 atom stereocenters. The van der Waals surface area contributed by atoms with Crippen molar-refractivity contribution in [3.63, 3.8) is 0 Å². The Bertz CT molecular complexity index is 526. The number of non-ortho nitro benzene ring substituents is 1. The van der Waals surface area contributed by atoms with Crippen molar-refractivity contribution in [1.29, 1.82) is 0 Å². The van der Waals surface area contributed by atoms with Crippen molar-refractivity contribution in [3.8, 4) is 0 Å². The number of hydrogen-bond acceptors (Lipinski definition) is 4. The molecule has 0 aliphatic rings. The second-order valence-corrected chi connectivity index (χ2v) is 3.89. The summed E-state index contributed by atoms with van der Waals surface area (Å²) in [5, 5.41) is 20.5. The van der Waals surface area contributed by atoms with Crippen LogP contribution in [0.3, 0.4) is 0 Å². The first-order valence-corrected chi connectivity index (χ1v) is 5.49. The van der Waals surface area contributed by atoms with Gasteiger partial charge < -0.3 is 5.11 Å². The van der Waals surface area contributed by atoms with E-state index in [4.69, 9.17) is 0 Å². The lowest BCUT2D eigenvalue weighted by molar-refractivity contribution is -0.384. The number of nitro groups is 1. The summed E-state index contributed by atoms with van der Waals surface area (Å²) < 4.78 is 0. The van der Waals surface area contributed by atoms with Crippen LogP contribution in [0.25, 0.3) is 0 Å². The third-order valence-corrected chi connectivity index (χ3v) is 2.62. The highest BCUT2D eigenvalue weighted by molar-refractivity contribution is 5.34. The SMILES string of the molecule is O=[N+]([O-])c1ccc([C@H](O)Cc2ccccn2)cc1. The highest BCUT2D eigenvalue weighted by atomic mass is 16.6. The number of hydrogen-bond donors (Lipinski definition) is 1. The Labute approximate surface area is 104 Å². The van der Waals surface area contributed by atoms with Gasteiger partial charge in [0.1, 0.15) is 0 Å². The molecular weight excluding hydrogens is 232 g/mol. The van der Waals surface area contributed by atoms with E-state index in [2.05, 4.69) is 4.98 Å². The maximum Gasteiger partial charge on any atom is 0.269 e. The minimum atomic E-state index is -0.708. The van der Waals surface area contributed by atoms with Crippen LogP contribution in [0.4, 0.5) is 5.69 Å². The van der Waals surface area contributed by atoms with E-state index in [1.165, 1.54) is 12.1 Å². The van der Waals surface area contributed by atoms with E-state index in [0.29, 0.717) is 12.0 Å². The van der Waals surface area contributed by atoms with Crippen molar-refractivity contribution in [3.05, 3.63) is 70.0 Å². The van der Waals surface area contributed by atoms with E-state index in [1.54, 1.807) is 18.3 Å². The molecule has 2 aromatic rings. The van der Waals surface area contributed by atoms with Crippen LogP contribution in [-0.2, 0) is 6.42 Å². The fourth-order valence-electron chi connectivity index (χ4n) is 1.65.